The lowest BCUT2D eigenvalue weighted by atomic mass is 10.0. The molecule has 1 saturated heterocycles. The molecule has 5 heteroatoms. The second-order valence-electron chi connectivity index (χ2n) is 6.57. The highest BCUT2D eigenvalue weighted by atomic mass is 19.1. The van der Waals surface area contributed by atoms with E-state index in [0.717, 1.165) is 37.6 Å². The third-order valence-corrected chi connectivity index (χ3v) is 4.78. The third-order valence-electron chi connectivity index (χ3n) is 4.78. The van der Waals surface area contributed by atoms with Crippen LogP contribution in [0.5, 0.6) is 0 Å². The van der Waals surface area contributed by atoms with Gasteiger partial charge in [0.2, 0.25) is 0 Å². The van der Waals surface area contributed by atoms with Crippen LogP contribution in [0.4, 0.5) is 8.78 Å². The summed E-state index contributed by atoms with van der Waals surface area (Å²) in [6.45, 7) is 3.38. The first-order valence-corrected chi connectivity index (χ1v) is 8.70. The summed E-state index contributed by atoms with van der Waals surface area (Å²) in [5, 5.41) is 1.87. The second-order valence-corrected chi connectivity index (χ2v) is 6.57. The molecule has 25 heavy (non-hydrogen) atoms. The van der Waals surface area contributed by atoms with E-state index in [0.29, 0.717) is 5.56 Å². The Morgan fingerprint density at radius 3 is 2.40 bits per heavy atom. The number of nitrogens with zero attached hydrogens (tertiary/aromatic N) is 1. The zero-order valence-electron chi connectivity index (χ0n) is 14.3. The summed E-state index contributed by atoms with van der Waals surface area (Å²) in [5.74, 6) is -1.12. The lowest BCUT2D eigenvalue weighted by molar-refractivity contribution is -0.720. The second kappa shape index (κ2) is 7.74. The molecule has 0 radical (unpaired) electrons. The largest absolute Gasteiger partial charge is 0.337 e. The van der Waals surface area contributed by atoms with E-state index in [-0.39, 0.29) is 11.9 Å². The number of hydrogen-bond donors (Lipinski definition) is 1. The molecule has 2 N–H and O–H groups in total. The molecule has 1 fully saturated rings. The molecular weight excluding hydrogens is 322 g/mol. The summed E-state index contributed by atoms with van der Waals surface area (Å²) in [7, 11) is 0. The molecule has 3 nitrogen and oxygen atoms in total. The van der Waals surface area contributed by atoms with E-state index >= 15 is 0 Å². The fourth-order valence-corrected chi connectivity index (χ4v) is 3.39. The molecule has 2 atom stereocenters. The van der Waals surface area contributed by atoms with Crippen LogP contribution >= 0.6 is 0 Å². The maximum atomic E-state index is 14.1. The van der Waals surface area contributed by atoms with Crippen LogP contribution in [0.1, 0.15) is 43.0 Å². The van der Waals surface area contributed by atoms with Gasteiger partial charge in [0.25, 0.3) is 5.91 Å². The minimum absolute atomic E-state index is 0.0538. The Bertz CT molecular complexity index is 730. The number of hydrogen-bond acceptors (Lipinski definition) is 1. The van der Waals surface area contributed by atoms with E-state index in [4.69, 9.17) is 0 Å². The smallest absolute Gasteiger partial charge is 0.285 e. The van der Waals surface area contributed by atoms with Crippen LogP contribution in [0.2, 0.25) is 0 Å². The van der Waals surface area contributed by atoms with Gasteiger partial charge in [-0.2, -0.15) is 0 Å². The van der Waals surface area contributed by atoms with Gasteiger partial charge in [-0.05, 0) is 31.9 Å². The quantitative estimate of drug-likeness (QED) is 0.889. The minimum atomic E-state index is -0.596. The maximum Gasteiger partial charge on any atom is 0.285 e. The zero-order chi connectivity index (χ0) is 17.8. The minimum Gasteiger partial charge on any atom is -0.337 e. The van der Waals surface area contributed by atoms with Crippen molar-refractivity contribution >= 4 is 5.91 Å². The summed E-state index contributed by atoms with van der Waals surface area (Å²) in [5.41, 5.74) is 1.30. The molecule has 1 heterocycles. The van der Waals surface area contributed by atoms with Crippen molar-refractivity contribution < 1.29 is 18.9 Å². The molecule has 0 spiro atoms. The van der Waals surface area contributed by atoms with E-state index in [1.165, 1.54) is 12.1 Å². The number of benzene rings is 2. The van der Waals surface area contributed by atoms with Gasteiger partial charge in [0.1, 0.15) is 17.7 Å². The zero-order valence-corrected chi connectivity index (χ0v) is 14.3. The highest BCUT2D eigenvalue weighted by Crippen LogP contribution is 2.20. The number of quaternary nitrogens is 1. The Morgan fingerprint density at radius 1 is 1.08 bits per heavy atom. The third kappa shape index (κ3) is 4.04. The van der Waals surface area contributed by atoms with Gasteiger partial charge < -0.3 is 10.2 Å². The topological polar surface area (TPSA) is 36.9 Å². The number of nitrogens with two attached hydrogens (primary N) is 1. The van der Waals surface area contributed by atoms with Crippen LogP contribution in [0.3, 0.4) is 0 Å². The van der Waals surface area contributed by atoms with Crippen LogP contribution in [0, 0.1) is 11.6 Å². The maximum absolute atomic E-state index is 14.1. The number of amides is 1. The van der Waals surface area contributed by atoms with Gasteiger partial charge in [0, 0.05) is 30.3 Å². The lowest BCUT2D eigenvalue weighted by Gasteiger charge is -2.24. The monoisotopic (exact) mass is 345 g/mol. The SMILES string of the molecule is C[C@H]([NH2+][C@H](C(=O)N1CCCC1)c1ccccc1)c1ccc(F)cc1F. The molecule has 2 aromatic rings. The molecule has 0 aromatic heterocycles. The average molecular weight is 345 g/mol. The van der Waals surface area contributed by atoms with Crippen molar-refractivity contribution in [1.82, 2.24) is 4.90 Å². The molecule has 0 saturated carbocycles. The van der Waals surface area contributed by atoms with Crippen molar-refractivity contribution in [3.05, 3.63) is 71.3 Å². The van der Waals surface area contributed by atoms with Crippen LogP contribution in [-0.2, 0) is 4.79 Å². The predicted molar refractivity (Wildman–Crippen MR) is 91.7 cm³/mol. The molecule has 1 aliphatic rings. The summed E-state index contributed by atoms with van der Waals surface area (Å²) in [6.07, 6.45) is 2.05. The molecule has 2 aromatic carbocycles. The normalized spacial score (nSPS) is 16.7. The summed E-state index contributed by atoms with van der Waals surface area (Å²) in [6, 6.07) is 12.4. The highest BCUT2D eigenvalue weighted by molar-refractivity contribution is 5.82. The van der Waals surface area contributed by atoms with Gasteiger partial charge in [-0.3, -0.25) is 4.79 Å². The summed E-state index contributed by atoms with van der Waals surface area (Å²) >= 11 is 0. The van der Waals surface area contributed by atoms with Crippen LogP contribution < -0.4 is 5.32 Å². The molecule has 0 bridgehead atoms. The van der Waals surface area contributed by atoms with Crippen LogP contribution in [0.25, 0.3) is 0 Å². The van der Waals surface area contributed by atoms with Gasteiger partial charge in [-0.1, -0.05) is 30.3 Å². The summed E-state index contributed by atoms with van der Waals surface area (Å²) in [4.78, 5) is 14.9. The van der Waals surface area contributed by atoms with Crippen molar-refractivity contribution in [2.24, 2.45) is 0 Å². The van der Waals surface area contributed by atoms with Crippen molar-refractivity contribution in [2.75, 3.05) is 13.1 Å². The standard InChI is InChI=1S/C20H22F2N2O/c1-14(17-10-9-16(21)13-18(17)22)23-19(15-7-3-2-4-8-15)20(25)24-11-5-6-12-24/h2-4,7-10,13-14,19,23H,5-6,11-12H2,1H3/p+1/t14-,19-/m0/s1. The van der Waals surface area contributed by atoms with Gasteiger partial charge in [-0.25, -0.2) is 8.78 Å². The fourth-order valence-electron chi connectivity index (χ4n) is 3.39. The molecule has 3 rings (SSSR count). The number of rotatable bonds is 5. The highest BCUT2D eigenvalue weighted by Gasteiger charge is 2.32. The van der Waals surface area contributed by atoms with E-state index in [1.54, 1.807) is 0 Å². The van der Waals surface area contributed by atoms with Gasteiger partial charge >= 0.3 is 0 Å². The molecule has 1 amide bonds. The van der Waals surface area contributed by atoms with Crippen molar-refractivity contribution in [2.45, 2.75) is 31.8 Å². The van der Waals surface area contributed by atoms with Crippen molar-refractivity contribution in [1.29, 1.82) is 0 Å². The number of carbonyl (C=O) groups excluding carboxylic acids is 1. The van der Waals surface area contributed by atoms with E-state index in [9.17, 15) is 13.6 Å². The Morgan fingerprint density at radius 2 is 1.76 bits per heavy atom. The predicted octanol–water partition coefficient (Wildman–Crippen LogP) is 2.95. The Kier molecular flexibility index (Phi) is 5.43. The van der Waals surface area contributed by atoms with Crippen LogP contribution in [-0.4, -0.2) is 23.9 Å². The summed E-state index contributed by atoms with van der Waals surface area (Å²) < 4.78 is 27.3. The van der Waals surface area contributed by atoms with E-state index in [2.05, 4.69) is 0 Å². The first kappa shape index (κ1) is 17.5. The first-order valence-electron chi connectivity index (χ1n) is 8.70. The van der Waals surface area contributed by atoms with Gasteiger partial charge in [0.05, 0.1) is 0 Å². The van der Waals surface area contributed by atoms with Crippen molar-refractivity contribution in [3.8, 4) is 0 Å². The fraction of sp³-hybridized carbons (Fsp3) is 0.350. The number of halogens is 2. The lowest BCUT2D eigenvalue weighted by Crippen LogP contribution is -2.88. The van der Waals surface area contributed by atoms with Gasteiger partial charge in [0.15, 0.2) is 6.04 Å². The Hall–Kier alpha value is -2.27. The van der Waals surface area contributed by atoms with E-state index in [1.807, 2.05) is 47.5 Å². The molecule has 132 valence electrons. The number of likely N-dealkylation sites (tertiary alicyclic amines) is 1. The Balaban J connectivity index is 1.85. The molecule has 0 unspecified atom stereocenters. The van der Waals surface area contributed by atoms with E-state index < -0.39 is 17.7 Å². The molecular formula is C20H23F2N2O+. The average Bonchev–Trinajstić information content (AvgIpc) is 3.14. The number of carbonyl (C=O) groups is 1. The first-order chi connectivity index (χ1) is 12.1. The van der Waals surface area contributed by atoms with Gasteiger partial charge in [-0.15, -0.1) is 0 Å². The Labute approximate surface area is 146 Å². The molecule has 0 aliphatic carbocycles. The van der Waals surface area contributed by atoms with Crippen LogP contribution in [0.15, 0.2) is 48.5 Å². The van der Waals surface area contributed by atoms with Crippen molar-refractivity contribution in [3.63, 3.8) is 0 Å². The molecule has 1 aliphatic heterocycles.